The standard InChI is InChI=1S/C17H25N3O/c1-5-10-20-16(18-12-19-20)11-15(21)13-8-6-7-9-14(13)17(2,3)4/h6-9,12,15,21H,5,10-11H2,1-4H3. The van der Waals surface area contributed by atoms with Crippen LogP contribution in [0.5, 0.6) is 0 Å². The minimum Gasteiger partial charge on any atom is -0.388 e. The summed E-state index contributed by atoms with van der Waals surface area (Å²) in [5.41, 5.74) is 2.17. The Morgan fingerprint density at radius 2 is 1.95 bits per heavy atom. The van der Waals surface area contributed by atoms with Gasteiger partial charge in [0.2, 0.25) is 0 Å². The van der Waals surface area contributed by atoms with Gasteiger partial charge in [-0.25, -0.2) is 4.98 Å². The molecule has 1 aromatic carbocycles. The van der Waals surface area contributed by atoms with Crippen LogP contribution < -0.4 is 0 Å². The van der Waals surface area contributed by atoms with Crippen LogP contribution in [0.15, 0.2) is 30.6 Å². The summed E-state index contributed by atoms with van der Waals surface area (Å²) in [5.74, 6) is 0.841. The van der Waals surface area contributed by atoms with Crippen LogP contribution in [0, 0.1) is 0 Å². The van der Waals surface area contributed by atoms with Crippen LogP contribution in [-0.2, 0) is 18.4 Å². The van der Waals surface area contributed by atoms with Crippen LogP contribution in [0.3, 0.4) is 0 Å². The molecule has 0 saturated heterocycles. The van der Waals surface area contributed by atoms with Crippen LogP contribution in [0.2, 0.25) is 0 Å². The monoisotopic (exact) mass is 287 g/mol. The minimum atomic E-state index is -0.555. The summed E-state index contributed by atoms with van der Waals surface area (Å²) in [4.78, 5) is 4.28. The number of nitrogens with zero attached hydrogens (tertiary/aromatic N) is 3. The third-order valence-corrected chi connectivity index (χ3v) is 3.63. The van der Waals surface area contributed by atoms with Crippen molar-refractivity contribution in [2.75, 3.05) is 0 Å². The number of hydrogen-bond donors (Lipinski definition) is 1. The van der Waals surface area contributed by atoms with Crippen molar-refractivity contribution in [3.8, 4) is 0 Å². The second-order valence-electron chi connectivity index (χ2n) is 6.46. The lowest BCUT2D eigenvalue weighted by atomic mass is 9.82. The fraction of sp³-hybridized carbons (Fsp3) is 0.529. The Bertz CT molecular complexity index is 584. The van der Waals surface area contributed by atoms with Crippen molar-refractivity contribution in [3.63, 3.8) is 0 Å². The summed E-state index contributed by atoms with van der Waals surface area (Å²) in [6.45, 7) is 9.44. The molecule has 1 unspecified atom stereocenters. The van der Waals surface area contributed by atoms with E-state index in [2.05, 4.69) is 43.8 Å². The topological polar surface area (TPSA) is 50.9 Å². The molecule has 2 rings (SSSR count). The van der Waals surface area contributed by atoms with Gasteiger partial charge in [0.15, 0.2) is 0 Å². The number of aryl methyl sites for hydroxylation is 1. The molecule has 0 bridgehead atoms. The Kier molecular flexibility index (Phi) is 4.78. The summed E-state index contributed by atoms with van der Waals surface area (Å²) < 4.78 is 1.88. The molecule has 114 valence electrons. The predicted molar refractivity (Wildman–Crippen MR) is 84.1 cm³/mol. The van der Waals surface area contributed by atoms with E-state index in [1.165, 1.54) is 5.56 Å². The predicted octanol–water partition coefficient (Wildman–Crippen LogP) is 3.26. The van der Waals surface area contributed by atoms with E-state index in [1.54, 1.807) is 6.33 Å². The Hall–Kier alpha value is -1.68. The molecule has 4 heteroatoms. The van der Waals surface area contributed by atoms with E-state index < -0.39 is 6.10 Å². The van der Waals surface area contributed by atoms with Crippen LogP contribution in [0.25, 0.3) is 0 Å². The molecule has 0 spiro atoms. The van der Waals surface area contributed by atoms with E-state index in [0.29, 0.717) is 6.42 Å². The first kappa shape index (κ1) is 15.7. The van der Waals surface area contributed by atoms with E-state index >= 15 is 0 Å². The Labute approximate surface area is 126 Å². The lowest BCUT2D eigenvalue weighted by Gasteiger charge is -2.25. The summed E-state index contributed by atoms with van der Waals surface area (Å²) in [5, 5.41) is 14.9. The molecule has 0 radical (unpaired) electrons. The molecule has 0 fully saturated rings. The molecule has 0 aliphatic rings. The lowest BCUT2D eigenvalue weighted by molar-refractivity contribution is 0.171. The Balaban J connectivity index is 2.25. The maximum atomic E-state index is 10.6. The highest BCUT2D eigenvalue weighted by Crippen LogP contribution is 2.30. The zero-order chi connectivity index (χ0) is 15.5. The molecule has 0 saturated carbocycles. The normalized spacial score (nSPS) is 13.4. The van der Waals surface area contributed by atoms with Crippen molar-refractivity contribution in [1.29, 1.82) is 0 Å². The maximum absolute atomic E-state index is 10.6. The first-order valence-corrected chi connectivity index (χ1v) is 7.57. The summed E-state index contributed by atoms with van der Waals surface area (Å²) in [7, 11) is 0. The van der Waals surface area contributed by atoms with Crippen molar-refractivity contribution in [1.82, 2.24) is 14.8 Å². The number of aliphatic hydroxyl groups is 1. The average molecular weight is 287 g/mol. The number of benzene rings is 1. The van der Waals surface area contributed by atoms with E-state index in [9.17, 15) is 5.11 Å². The second kappa shape index (κ2) is 6.39. The average Bonchev–Trinajstić information content (AvgIpc) is 2.85. The first-order chi connectivity index (χ1) is 9.93. The molecular formula is C17H25N3O. The van der Waals surface area contributed by atoms with Gasteiger partial charge in [0, 0.05) is 13.0 Å². The van der Waals surface area contributed by atoms with Gasteiger partial charge < -0.3 is 5.11 Å². The summed E-state index contributed by atoms with van der Waals surface area (Å²) >= 11 is 0. The van der Waals surface area contributed by atoms with Crippen molar-refractivity contribution < 1.29 is 5.11 Å². The maximum Gasteiger partial charge on any atom is 0.138 e. The molecular weight excluding hydrogens is 262 g/mol. The van der Waals surface area contributed by atoms with Crippen molar-refractivity contribution >= 4 is 0 Å². The summed E-state index contributed by atoms with van der Waals surface area (Å²) in [6.07, 6.45) is 2.51. The molecule has 2 aromatic rings. The van der Waals surface area contributed by atoms with E-state index in [4.69, 9.17) is 0 Å². The van der Waals surface area contributed by atoms with Gasteiger partial charge >= 0.3 is 0 Å². The SMILES string of the molecule is CCCn1ncnc1CC(O)c1ccccc1C(C)(C)C. The summed E-state index contributed by atoms with van der Waals surface area (Å²) in [6, 6.07) is 8.10. The lowest BCUT2D eigenvalue weighted by Crippen LogP contribution is -2.18. The molecule has 1 atom stereocenters. The smallest absolute Gasteiger partial charge is 0.138 e. The van der Waals surface area contributed by atoms with E-state index in [1.807, 2.05) is 22.9 Å². The molecule has 0 aliphatic heterocycles. The van der Waals surface area contributed by atoms with Gasteiger partial charge in [0.25, 0.3) is 0 Å². The molecule has 1 heterocycles. The Morgan fingerprint density at radius 3 is 2.62 bits per heavy atom. The quantitative estimate of drug-likeness (QED) is 0.918. The van der Waals surface area contributed by atoms with Crippen LogP contribution in [0.1, 0.15) is 57.2 Å². The van der Waals surface area contributed by atoms with E-state index in [0.717, 1.165) is 24.4 Å². The number of aliphatic hydroxyl groups excluding tert-OH is 1. The van der Waals surface area contributed by atoms with Gasteiger partial charge in [-0.05, 0) is 23.0 Å². The highest BCUT2D eigenvalue weighted by molar-refractivity contribution is 5.34. The number of rotatable bonds is 5. The number of aromatic nitrogens is 3. The van der Waals surface area contributed by atoms with E-state index in [-0.39, 0.29) is 5.41 Å². The van der Waals surface area contributed by atoms with Crippen LogP contribution >= 0.6 is 0 Å². The second-order valence-corrected chi connectivity index (χ2v) is 6.46. The van der Waals surface area contributed by atoms with Crippen LogP contribution in [-0.4, -0.2) is 19.9 Å². The zero-order valence-corrected chi connectivity index (χ0v) is 13.4. The highest BCUT2D eigenvalue weighted by atomic mass is 16.3. The molecule has 1 N–H and O–H groups in total. The van der Waals surface area contributed by atoms with Crippen molar-refractivity contribution in [2.45, 2.75) is 58.6 Å². The van der Waals surface area contributed by atoms with Gasteiger partial charge in [-0.3, -0.25) is 4.68 Å². The van der Waals surface area contributed by atoms with Crippen molar-refractivity contribution in [2.24, 2.45) is 0 Å². The first-order valence-electron chi connectivity index (χ1n) is 7.57. The Morgan fingerprint density at radius 1 is 1.24 bits per heavy atom. The van der Waals surface area contributed by atoms with Gasteiger partial charge in [-0.1, -0.05) is 52.0 Å². The molecule has 4 nitrogen and oxygen atoms in total. The minimum absolute atomic E-state index is 0.00860. The third kappa shape index (κ3) is 3.70. The largest absolute Gasteiger partial charge is 0.388 e. The molecule has 21 heavy (non-hydrogen) atoms. The molecule has 0 aliphatic carbocycles. The highest BCUT2D eigenvalue weighted by Gasteiger charge is 2.22. The zero-order valence-electron chi connectivity index (χ0n) is 13.4. The van der Waals surface area contributed by atoms with Gasteiger partial charge in [-0.2, -0.15) is 5.10 Å². The number of hydrogen-bond acceptors (Lipinski definition) is 3. The van der Waals surface area contributed by atoms with Crippen molar-refractivity contribution in [3.05, 3.63) is 47.5 Å². The van der Waals surface area contributed by atoms with Gasteiger partial charge in [-0.15, -0.1) is 0 Å². The van der Waals surface area contributed by atoms with Gasteiger partial charge in [0.1, 0.15) is 12.2 Å². The molecule has 1 aromatic heterocycles. The molecule has 0 amide bonds. The fourth-order valence-corrected chi connectivity index (χ4v) is 2.60. The van der Waals surface area contributed by atoms with Gasteiger partial charge in [0.05, 0.1) is 6.10 Å². The third-order valence-electron chi connectivity index (χ3n) is 3.63. The van der Waals surface area contributed by atoms with Crippen LogP contribution in [0.4, 0.5) is 0 Å². The fourth-order valence-electron chi connectivity index (χ4n) is 2.60.